The minimum absolute atomic E-state index is 0.158. The smallest absolute Gasteiger partial charge is 0.223 e. The van der Waals surface area contributed by atoms with Crippen LogP contribution in [0.15, 0.2) is 24.4 Å². The van der Waals surface area contributed by atoms with Crippen LogP contribution in [0.2, 0.25) is 5.02 Å². The van der Waals surface area contributed by atoms with Crippen LogP contribution in [0.3, 0.4) is 0 Å². The predicted octanol–water partition coefficient (Wildman–Crippen LogP) is 3.75. The van der Waals surface area contributed by atoms with E-state index in [0.717, 1.165) is 36.4 Å². The summed E-state index contributed by atoms with van der Waals surface area (Å²) in [5.41, 5.74) is 4.12. The van der Waals surface area contributed by atoms with Crippen LogP contribution in [0.4, 0.5) is 5.95 Å². The number of nitrogens with one attached hydrogen (secondary N) is 1. The van der Waals surface area contributed by atoms with Crippen LogP contribution in [0.5, 0.6) is 0 Å². The summed E-state index contributed by atoms with van der Waals surface area (Å²) in [6.07, 6.45) is 6.05. The fourth-order valence-electron chi connectivity index (χ4n) is 3.34. The lowest BCUT2D eigenvalue weighted by Gasteiger charge is -2.17. The van der Waals surface area contributed by atoms with Crippen molar-refractivity contribution in [3.8, 4) is 0 Å². The summed E-state index contributed by atoms with van der Waals surface area (Å²) in [4.78, 5) is 20.7. The average Bonchev–Trinajstić information content (AvgIpc) is 2.90. The second kappa shape index (κ2) is 5.36. The molecule has 0 radical (unpaired) electrons. The molecule has 0 fully saturated rings. The van der Waals surface area contributed by atoms with Gasteiger partial charge in [-0.1, -0.05) is 17.7 Å². The molecule has 22 heavy (non-hydrogen) atoms. The van der Waals surface area contributed by atoms with Gasteiger partial charge in [0.25, 0.3) is 0 Å². The van der Waals surface area contributed by atoms with Crippen molar-refractivity contribution in [2.75, 3.05) is 5.32 Å². The Morgan fingerprint density at radius 3 is 3.05 bits per heavy atom. The first kappa shape index (κ1) is 13.7. The molecule has 0 saturated heterocycles. The molecule has 1 aromatic carbocycles. The largest absolute Gasteiger partial charge is 0.347 e. The van der Waals surface area contributed by atoms with Crippen molar-refractivity contribution in [1.29, 1.82) is 0 Å². The number of hydrogen-bond donors (Lipinski definition) is 1. The number of hydrogen-bond acceptors (Lipinski definition) is 4. The van der Waals surface area contributed by atoms with Gasteiger partial charge in [0.2, 0.25) is 5.95 Å². The van der Waals surface area contributed by atoms with Crippen molar-refractivity contribution >= 4 is 23.3 Å². The molecular formula is C17H16ClN3O. The van der Waals surface area contributed by atoms with E-state index in [2.05, 4.69) is 21.4 Å². The fraction of sp³-hybridized carbons (Fsp3) is 0.353. The van der Waals surface area contributed by atoms with Crippen molar-refractivity contribution in [3.63, 3.8) is 0 Å². The Labute approximate surface area is 133 Å². The first-order valence-corrected chi connectivity index (χ1v) is 8.02. The number of anilines is 1. The molecular weight excluding hydrogens is 298 g/mol. The summed E-state index contributed by atoms with van der Waals surface area (Å²) in [6.45, 7) is 0. The normalized spacial score (nSPS) is 19.7. The van der Waals surface area contributed by atoms with E-state index in [0.29, 0.717) is 17.9 Å². The molecule has 0 unspecified atom stereocenters. The summed E-state index contributed by atoms with van der Waals surface area (Å²) >= 11 is 6.11. The quantitative estimate of drug-likeness (QED) is 0.917. The Morgan fingerprint density at radius 1 is 1.23 bits per heavy atom. The average molecular weight is 314 g/mol. The molecule has 0 amide bonds. The highest BCUT2D eigenvalue weighted by atomic mass is 35.5. The number of rotatable bonds is 2. The van der Waals surface area contributed by atoms with Gasteiger partial charge in [0.05, 0.1) is 17.3 Å². The molecule has 1 aromatic heterocycles. The molecule has 0 saturated carbocycles. The van der Waals surface area contributed by atoms with Crippen LogP contribution in [-0.4, -0.2) is 15.8 Å². The number of fused-ring (bicyclic) bond motifs is 2. The maximum atomic E-state index is 11.8. The van der Waals surface area contributed by atoms with E-state index in [9.17, 15) is 4.79 Å². The first-order chi connectivity index (χ1) is 10.7. The molecule has 2 aromatic rings. The van der Waals surface area contributed by atoms with Crippen molar-refractivity contribution in [2.24, 2.45) is 0 Å². The number of nitrogens with zero attached hydrogens (tertiary/aromatic N) is 2. The molecule has 112 valence electrons. The lowest BCUT2D eigenvalue weighted by molar-refractivity contribution is 0.0971. The van der Waals surface area contributed by atoms with Crippen molar-refractivity contribution in [1.82, 2.24) is 9.97 Å². The molecule has 1 heterocycles. The van der Waals surface area contributed by atoms with Crippen LogP contribution in [0, 0.1) is 0 Å². The number of halogens is 1. The van der Waals surface area contributed by atoms with Crippen molar-refractivity contribution < 1.29 is 4.79 Å². The number of aromatic nitrogens is 2. The number of aryl methyl sites for hydroxylation is 2. The second-order valence-corrected chi connectivity index (χ2v) is 6.35. The van der Waals surface area contributed by atoms with E-state index in [1.165, 1.54) is 11.1 Å². The van der Waals surface area contributed by atoms with E-state index in [1.54, 1.807) is 6.20 Å². The van der Waals surface area contributed by atoms with Crippen LogP contribution < -0.4 is 5.32 Å². The Bertz CT molecular complexity index is 760. The van der Waals surface area contributed by atoms with Gasteiger partial charge < -0.3 is 5.32 Å². The third-order valence-electron chi connectivity index (χ3n) is 4.47. The molecule has 0 aliphatic heterocycles. The minimum Gasteiger partial charge on any atom is -0.347 e. The van der Waals surface area contributed by atoms with Crippen LogP contribution in [-0.2, 0) is 12.8 Å². The Kier molecular flexibility index (Phi) is 3.34. The lowest BCUT2D eigenvalue weighted by atomic mass is 9.96. The standard InChI is InChI=1S/C17H16ClN3O/c18-11-6-4-10-5-7-15(12(10)8-11)21-17-19-9-13-14(20-17)2-1-3-16(13)22/h4,6,8-9,15H,1-3,5,7H2,(H,19,20,21)/t15-/m1/s1. The van der Waals surface area contributed by atoms with Gasteiger partial charge >= 0.3 is 0 Å². The zero-order chi connectivity index (χ0) is 15.1. The third kappa shape index (κ3) is 2.37. The SMILES string of the molecule is O=C1CCCc2nc(N[C@@H]3CCc4ccc(Cl)cc43)ncc21. The monoisotopic (exact) mass is 313 g/mol. The van der Waals surface area contributed by atoms with Gasteiger partial charge in [-0.2, -0.15) is 0 Å². The summed E-state index contributed by atoms with van der Waals surface area (Å²) in [7, 11) is 0. The molecule has 0 spiro atoms. The highest BCUT2D eigenvalue weighted by Crippen LogP contribution is 2.35. The number of ketones is 1. The number of carbonyl (C=O) groups excluding carboxylic acids is 1. The number of carbonyl (C=O) groups is 1. The molecule has 5 heteroatoms. The van der Waals surface area contributed by atoms with Crippen LogP contribution >= 0.6 is 11.6 Å². The van der Waals surface area contributed by atoms with Gasteiger partial charge in [0, 0.05) is 17.6 Å². The molecule has 0 bridgehead atoms. The highest BCUT2D eigenvalue weighted by Gasteiger charge is 2.24. The Morgan fingerprint density at radius 2 is 2.14 bits per heavy atom. The Balaban J connectivity index is 1.61. The van der Waals surface area contributed by atoms with Gasteiger partial charge in [-0.25, -0.2) is 9.97 Å². The maximum absolute atomic E-state index is 11.8. The van der Waals surface area contributed by atoms with Crippen LogP contribution in [0.25, 0.3) is 0 Å². The van der Waals surface area contributed by atoms with Gasteiger partial charge in [-0.3, -0.25) is 4.79 Å². The molecule has 4 rings (SSSR count). The topological polar surface area (TPSA) is 54.9 Å². The van der Waals surface area contributed by atoms with E-state index < -0.39 is 0 Å². The van der Waals surface area contributed by atoms with Gasteiger partial charge in [0.15, 0.2) is 5.78 Å². The number of benzene rings is 1. The summed E-state index contributed by atoms with van der Waals surface area (Å²) in [6, 6.07) is 6.23. The predicted molar refractivity (Wildman–Crippen MR) is 85.4 cm³/mol. The first-order valence-electron chi connectivity index (χ1n) is 7.65. The van der Waals surface area contributed by atoms with E-state index in [4.69, 9.17) is 11.6 Å². The third-order valence-corrected chi connectivity index (χ3v) is 4.71. The van der Waals surface area contributed by atoms with E-state index >= 15 is 0 Å². The molecule has 4 nitrogen and oxygen atoms in total. The molecule has 1 N–H and O–H groups in total. The number of Topliss-reactive ketones (excluding diaryl/α,β-unsaturated/α-hetero) is 1. The van der Waals surface area contributed by atoms with Crippen molar-refractivity contribution in [3.05, 3.63) is 51.8 Å². The summed E-state index contributed by atoms with van der Waals surface area (Å²) in [5, 5.41) is 4.15. The molecule has 1 atom stereocenters. The van der Waals surface area contributed by atoms with E-state index in [-0.39, 0.29) is 11.8 Å². The molecule has 2 aliphatic carbocycles. The molecule has 2 aliphatic rings. The van der Waals surface area contributed by atoms with Gasteiger partial charge in [-0.05, 0) is 48.9 Å². The minimum atomic E-state index is 0.158. The van der Waals surface area contributed by atoms with E-state index in [1.807, 2.05) is 12.1 Å². The second-order valence-electron chi connectivity index (χ2n) is 5.91. The highest BCUT2D eigenvalue weighted by molar-refractivity contribution is 6.30. The van der Waals surface area contributed by atoms with Crippen molar-refractivity contribution in [2.45, 2.75) is 38.1 Å². The zero-order valence-corrected chi connectivity index (χ0v) is 12.9. The maximum Gasteiger partial charge on any atom is 0.223 e. The summed E-state index contributed by atoms with van der Waals surface area (Å²) in [5.74, 6) is 0.761. The van der Waals surface area contributed by atoms with Crippen LogP contribution in [0.1, 0.15) is 52.5 Å². The Hall–Kier alpha value is -1.94. The lowest BCUT2D eigenvalue weighted by Crippen LogP contribution is -2.16. The van der Waals surface area contributed by atoms with Gasteiger partial charge in [0.1, 0.15) is 0 Å². The zero-order valence-electron chi connectivity index (χ0n) is 12.1. The fourth-order valence-corrected chi connectivity index (χ4v) is 3.52. The van der Waals surface area contributed by atoms with Gasteiger partial charge in [-0.15, -0.1) is 0 Å². The summed E-state index contributed by atoms with van der Waals surface area (Å²) < 4.78 is 0.